The van der Waals surface area contributed by atoms with Crippen molar-refractivity contribution in [1.82, 2.24) is 4.90 Å². The molecule has 1 atom stereocenters. The minimum atomic E-state index is -0.443. The monoisotopic (exact) mass is 234 g/mol. The minimum Gasteiger partial charge on any atom is -0.335 e. The van der Waals surface area contributed by atoms with Gasteiger partial charge in [0, 0.05) is 12.6 Å². The van der Waals surface area contributed by atoms with Crippen molar-refractivity contribution in [3.63, 3.8) is 0 Å². The molecule has 0 radical (unpaired) electrons. The molecule has 0 aliphatic heterocycles. The lowest BCUT2D eigenvalue weighted by atomic mass is 10.1. The third-order valence-corrected chi connectivity index (χ3v) is 2.90. The Morgan fingerprint density at radius 2 is 1.88 bits per heavy atom. The molecule has 3 heteroatoms. The van der Waals surface area contributed by atoms with E-state index in [-0.39, 0.29) is 11.9 Å². The van der Waals surface area contributed by atoms with E-state index in [1.54, 1.807) is 6.92 Å². The highest BCUT2D eigenvalue weighted by Crippen LogP contribution is 2.13. The van der Waals surface area contributed by atoms with Crippen molar-refractivity contribution < 1.29 is 4.79 Å². The fraction of sp³-hybridized carbons (Fsp3) is 0.500. The van der Waals surface area contributed by atoms with E-state index in [2.05, 4.69) is 19.1 Å². The number of nitrogens with two attached hydrogens (primary N) is 1. The maximum absolute atomic E-state index is 12.0. The Kier molecular flexibility index (Phi) is 4.70. The highest BCUT2D eigenvalue weighted by atomic mass is 16.2. The first kappa shape index (κ1) is 13.7. The van der Waals surface area contributed by atoms with Gasteiger partial charge < -0.3 is 10.6 Å². The van der Waals surface area contributed by atoms with Gasteiger partial charge in [0.1, 0.15) is 0 Å². The van der Waals surface area contributed by atoms with E-state index >= 15 is 0 Å². The fourth-order valence-corrected chi connectivity index (χ4v) is 1.75. The van der Waals surface area contributed by atoms with Crippen molar-refractivity contribution in [3.05, 3.63) is 35.4 Å². The molecule has 1 amide bonds. The molecule has 17 heavy (non-hydrogen) atoms. The standard InChI is InChI=1S/C14H22N2O/c1-10(2)16(14(17)12(4)15)9-13-8-6-5-7-11(13)3/h5-8,10,12H,9,15H2,1-4H3. The molecule has 1 unspecified atom stereocenters. The Morgan fingerprint density at radius 1 is 1.29 bits per heavy atom. The first-order chi connectivity index (χ1) is 7.93. The van der Waals surface area contributed by atoms with Crippen LogP contribution in [0.25, 0.3) is 0 Å². The van der Waals surface area contributed by atoms with E-state index < -0.39 is 6.04 Å². The topological polar surface area (TPSA) is 46.3 Å². The molecule has 3 nitrogen and oxygen atoms in total. The second-order valence-electron chi connectivity index (χ2n) is 4.78. The normalized spacial score (nSPS) is 12.6. The van der Waals surface area contributed by atoms with Gasteiger partial charge in [-0.25, -0.2) is 0 Å². The van der Waals surface area contributed by atoms with Crippen LogP contribution in [0.3, 0.4) is 0 Å². The summed E-state index contributed by atoms with van der Waals surface area (Å²) in [6.45, 7) is 8.45. The summed E-state index contributed by atoms with van der Waals surface area (Å²) in [5, 5.41) is 0. The zero-order valence-electron chi connectivity index (χ0n) is 11.1. The molecular formula is C14H22N2O. The zero-order chi connectivity index (χ0) is 13.0. The van der Waals surface area contributed by atoms with Gasteiger partial charge in [0.15, 0.2) is 0 Å². The molecule has 0 aliphatic carbocycles. The van der Waals surface area contributed by atoms with Gasteiger partial charge in [0.2, 0.25) is 5.91 Å². The maximum Gasteiger partial charge on any atom is 0.239 e. The minimum absolute atomic E-state index is 0.00301. The predicted octanol–water partition coefficient (Wildman–Crippen LogP) is 2.08. The largest absolute Gasteiger partial charge is 0.335 e. The summed E-state index contributed by atoms with van der Waals surface area (Å²) < 4.78 is 0. The summed E-state index contributed by atoms with van der Waals surface area (Å²) >= 11 is 0. The van der Waals surface area contributed by atoms with Crippen LogP contribution in [-0.2, 0) is 11.3 Å². The van der Waals surface area contributed by atoms with Crippen molar-refractivity contribution in [1.29, 1.82) is 0 Å². The van der Waals surface area contributed by atoms with Gasteiger partial charge in [-0.05, 0) is 38.8 Å². The second kappa shape index (κ2) is 5.82. The molecule has 0 bridgehead atoms. The number of rotatable bonds is 4. The average Bonchev–Trinajstić information content (AvgIpc) is 2.26. The van der Waals surface area contributed by atoms with Crippen molar-refractivity contribution in [2.24, 2.45) is 5.73 Å². The Hall–Kier alpha value is -1.35. The Morgan fingerprint density at radius 3 is 2.35 bits per heavy atom. The summed E-state index contributed by atoms with van der Waals surface area (Å²) in [5.74, 6) is 0.00301. The molecule has 1 aromatic carbocycles. The zero-order valence-corrected chi connectivity index (χ0v) is 11.1. The predicted molar refractivity (Wildman–Crippen MR) is 70.5 cm³/mol. The summed E-state index contributed by atoms with van der Waals surface area (Å²) in [7, 11) is 0. The lowest BCUT2D eigenvalue weighted by Gasteiger charge is -2.29. The number of hydrogen-bond donors (Lipinski definition) is 1. The van der Waals surface area contributed by atoms with Gasteiger partial charge in [-0.15, -0.1) is 0 Å². The smallest absolute Gasteiger partial charge is 0.239 e. The first-order valence-electron chi connectivity index (χ1n) is 6.04. The number of aryl methyl sites for hydroxylation is 1. The average molecular weight is 234 g/mol. The molecule has 0 aliphatic rings. The first-order valence-corrected chi connectivity index (χ1v) is 6.04. The number of benzene rings is 1. The Balaban J connectivity index is 2.88. The van der Waals surface area contributed by atoms with Crippen LogP contribution in [0.1, 0.15) is 31.9 Å². The molecule has 1 aromatic rings. The Labute approximate surface area is 104 Å². The lowest BCUT2D eigenvalue weighted by molar-refractivity contribution is -0.134. The Bertz CT molecular complexity index is 386. The molecular weight excluding hydrogens is 212 g/mol. The summed E-state index contributed by atoms with van der Waals surface area (Å²) in [6, 6.07) is 7.83. The molecule has 94 valence electrons. The van der Waals surface area contributed by atoms with Crippen molar-refractivity contribution in [2.45, 2.75) is 46.3 Å². The van der Waals surface area contributed by atoms with Crippen molar-refractivity contribution in [2.75, 3.05) is 0 Å². The number of amides is 1. The van der Waals surface area contributed by atoms with E-state index in [1.807, 2.05) is 30.9 Å². The molecule has 0 heterocycles. The number of nitrogens with zero attached hydrogens (tertiary/aromatic N) is 1. The molecule has 0 fully saturated rings. The molecule has 1 rings (SSSR count). The van der Waals surface area contributed by atoms with Crippen LogP contribution in [0, 0.1) is 6.92 Å². The van der Waals surface area contributed by atoms with Crippen molar-refractivity contribution in [3.8, 4) is 0 Å². The van der Waals surface area contributed by atoms with Gasteiger partial charge >= 0.3 is 0 Å². The van der Waals surface area contributed by atoms with E-state index in [0.717, 1.165) is 0 Å². The van der Waals surface area contributed by atoms with Gasteiger partial charge in [-0.2, -0.15) is 0 Å². The van der Waals surface area contributed by atoms with E-state index in [4.69, 9.17) is 5.73 Å². The van der Waals surface area contributed by atoms with Gasteiger partial charge in [0.25, 0.3) is 0 Å². The summed E-state index contributed by atoms with van der Waals surface area (Å²) in [4.78, 5) is 13.8. The third kappa shape index (κ3) is 3.56. The molecule has 0 saturated heterocycles. The van der Waals surface area contributed by atoms with Gasteiger partial charge in [0.05, 0.1) is 6.04 Å². The molecule has 2 N–H and O–H groups in total. The van der Waals surface area contributed by atoms with E-state index in [0.29, 0.717) is 6.54 Å². The van der Waals surface area contributed by atoms with Crippen LogP contribution in [0.5, 0.6) is 0 Å². The number of carbonyl (C=O) groups excluding carboxylic acids is 1. The lowest BCUT2D eigenvalue weighted by Crippen LogP contribution is -2.45. The fourth-order valence-electron chi connectivity index (χ4n) is 1.75. The van der Waals surface area contributed by atoms with Crippen molar-refractivity contribution >= 4 is 5.91 Å². The van der Waals surface area contributed by atoms with Crippen LogP contribution >= 0.6 is 0 Å². The van der Waals surface area contributed by atoms with Gasteiger partial charge in [-0.1, -0.05) is 24.3 Å². The van der Waals surface area contributed by atoms with Crippen LogP contribution in [-0.4, -0.2) is 22.9 Å². The van der Waals surface area contributed by atoms with Crippen LogP contribution in [0.2, 0.25) is 0 Å². The summed E-state index contributed by atoms with van der Waals surface area (Å²) in [6.07, 6.45) is 0. The molecule has 0 aromatic heterocycles. The highest BCUT2D eigenvalue weighted by Gasteiger charge is 2.20. The number of carbonyl (C=O) groups is 1. The quantitative estimate of drug-likeness (QED) is 0.867. The van der Waals surface area contributed by atoms with E-state index in [1.165, 1.54) is 11.1 Å². The third-order valence-electron chi connectivity index (χ3n) is 2.90. The molecule has 0 spiro atoms. The van der Waals surface area contributed by atoms with Crippen LogP contribution in [0.4, 0.5) is 0 Å². The maximum atomic E-state index is 12.0. The van der Waals surface area contributed by atoms with Gasteiger partial charge in [-0.3, -0.25) is 4.79 Å². The van der Waals surface area contributed by atoms with Crippen LogP contribution in [0.15, 0.2) is 24.3 Å². The SMILES string of the molecule is Cc1ccccc1CN(C(=O)C(C)N)C(C)C. The van der Waals surface area contributed by atoms with E-state index in [9.17, 15) is 4.79 Å². The highest BCUT2D eigenvalue weighted by molar-refractivity contribution is 5.81. The second-order valence-corrected chi connectivity index (χ2v) is 4.78. The number of hydrogen-bond acceptors (Lipinski definition) is 2. The van der Waals surface area contributed by atoms with Crippen LogP contribution < -0.4 is 5.73 Å². The molecule has 0 saturated carbocycles. The summed E-state index contributed by atoms with van der Waals surface area (Å²) in [5.41, 5.74) is 8.06.